The maximum Gasteiger partial charge on any atom is 0.290 e. The van der Waals surface area contributed by atoms with Gasteiger partial charge in [0, 0.05) is 12.1 Å². The molecular weight excluding hydrogens is 230 g/mol. The Morgan fingerprint density at radius 1 is 1.33 bits per heavy atom. The van der Waals surface area contributed by atoms with E-state index in [2.05, 4.69) is 10.3 Å². The zero-order chi connectivity index (χ0) is 13.0. The summed E-state index contributed by atoms with van der Waals surface area (Å²) in [5.41, 5.74) is 1.78. The van der Waals surface area contributed by atoms with E-state index in [9.17, 15) is 10.1 Å². The summed E-state index contributed by atoms with van der Waals surface area (Å²) >= 11 is 0. The van der Waals surface area contributed by atoms with E-state index < -0.39 is 4.92 Å². The molecule has 0 amide bonds. The summed E-state index contributed by atoms with van der Waals surface area (Å²) in [6.07, 6.45) is 1.28. The lowest BCUT2D eigenvalue weighted by atomic mass is 10.2. The number of nitro groups is 1. The first-order chi connectivity index (χ1) is 8.66. The van der Waals surface area contributed by atoms with E-state index in [4.69, 9.17) is 0 Å². The van der Waals surface area contributed by atoms with E-state index in [1.54, 1.807) is 13.0 Å². The van der Waals surface area contributed by atoms with Crippen molar-refractivity contribution in [3.8, 4) is 0 Å². The van der Waals surface area contributed by atoms with Gasteiger partial charge in [0.25, 0.3) is 5.69 Å². The van der Waals surface area contributed by atoms with E-state index in [1.807, 2.05) is 30.3 Å². The summed E-state index contributed by atoms with van der Waals surface area (Å²) in [4.78, 5) is 14.3. The van der Waals surface area contributed by atoms with Crippen molar-refractivity contribution in [1.29, 1.82) is 0 Å². The van der Waals surface area contributed by atoms with Crippen molar-refractivity contribution >= 4 is 11.5 Å². The van der Waals surface area contributed by atoms with Gasteiger partial charge in [0.2, 0.25) is 0 Å². The number of pyridine rings is 1. The van der Waals surface area contributed by atoms with E-state index >= 15 is 0 Å². The number of anilines is 1. The van der Waals surface area contributed by atoms with E-state index in [0.717, 1.165) is 5.56 Å². The predicted molar refractivity (Wildman–Crippen MR) is 69.4 cm³/mol. The lowest BCUT2D eigenvalue weighted by Crippen LogP contribution is -2.02. The molecule has 0 bridgehead atoms. The third-order valence-corrected chi connectivity index (χ3v) is 2.60. The molecule has 5 heteroatoms. The summed E-state index contributed by atoms with van der Waals surface area (Å²) in [5, 5.41) is 13.8. The van der Waals surface area contributed by atoms with Gasteiger partial charge in [-0.15, -0.1) is 0 Å². The Bertz CT molecular complexity index is 555. The Morgan fingerprint density at radius 3 is 2.67 bits per heavy atom. The number of hydrogen-bond acceptors (Lipinski definition) is 4. The van der Waals surface area contributed by atoms with Gasteiger partial charge in [-0.3, -0.25) is 10.1 Å². The minimum absolute atomic E-state index is 0.0419. The first-order valence-corrected chi connectivity index (χ1v) is 5.55. The highest BCUT2D eigenvalue weighted by atomic mass is 16.6. The van der Waals surface area contributed by atoms with Gasteiger partial charge in [-0.2, -0.15) is 0 Å². The number of rotatable bonds is 4. The smallest absolute Gasteiger partial charge is 0.290 e. The zero-order valence-corrected chi connectivity index (χ0v) is 9.96. The fraction of sp³-hybridized carbons (Fsp3) is 0.154. The van der Waals surface area contributed by atoms with Crippen molar-refractivity contribution in [3.05, 3.63) is 63.8 Å². The van der Waals surface area contributed by atoms with Gasteiger partial charge >= 0.3 is 0 Å². The zero-order valence-electron chi connectivity index (χ0n) is 9.96. The molecule has 0 radical (unpaired) electrons. The number of nitrogens with one attached hydrogen (secondary N) is 1. The molecule has 0 aliphatic rings. The second-order valence-corrected chi connectivity index (χ2v) is 3.95. The SMILES string of the molecule is Cc1cc(NCc2ccccc2)ncc1[N+](=O)[O-]. The number of nitrogens with zero attached hydrogens (tertiary/aromatic N) is 2. The molecule has 0 fully saturated rings. The molecule has 0 aliphatic carbocycles. The summed E-state index contributed by atoms with van der Waals surface area (Å²) in [6.45, 7) is 2.35. The molecule has 0 unspecified atom stereocenters. The molecule has 1 aromatic heterocycles. The minimum atomic E-state index is -0.427. The summed E-state index contributed by atoms with van der Waals surface area (Å²) in [7, 11) is 0. The maximum atomic E-state index is 10.7. The van der Waals surface area contributed by atoms with Crippen LogP contribution in [-0.2, 0) is 6.54 Å². The van der Waals surface area contributed by atoms with Crippen LogP contribution < -0.4 is 5.32 Å². The molecule has 0 aliphatic heterocycles. The van der Waals surface area contributed by atoms with Crippen LogP contribution in [0.3, 0.4) is 0 Å². The average molecular weight is 243 g/mol. The number of aromatic nitrogens is 1. The molecule has 5 nitrogen and oxygen atoms in total. The fourth-order valence-corrected chi connectivity index (χ4v) is 1.63. The third-order valence-electron chi connectivity index (χ3n) is 2.60. The Balaban J connectivity index is 2.07. The van der Waals surface area contributed by atoms with Crippen molar-refractivity contribution < 1.29 is 4.92 Å². The number of hydrogen-bond donors (Lipinski definition) is 1. The van der Waals surface area contributed by atoms with E-state index in [1.165, 1.54) is 6.20 Å². The molecule has 0 atom stereocenters. The van der Waals surface area contributed by atoms with Crippen molar-refractivity contribution in [1.82, 2.24) is 4.98 Å². The molecular formula is C13H13N3O2. The largest absolute Gasteiger partial charge is 0.366 e. The van der Waals surface area contributed by atoms with Crippen LogP contribution in [0.1, 0.15) is 11.1 Å². The Hall–Kier alpha value is -2.43. The lowest BCUT2D eigenvalue weighted by Gasteiger charge is -2.06. The van der Waals surface area contributed by atoms with Crippen molar-refractivity contribution in [2.75, 3.05) is 5.32 Å². The maximum absolute atomic E-state index is 10.7. The number of aryl methyl sites for hydroxylation is 1. The first-order valence-electron chi connectivity index (χ1n) is 5.55. The normalized spacial score (nSPS) is 10.1. The average Bonchev–Trinajstić information content (AvgIpc) is 2.37. The Kier molecular flexibility index (Phi) is 3.52. The van der Waals surface area contributed by atoms with Crippen LogP contribution in [0.25, 0.3) is 0 Å². The van der Waals surface area contributed by atoms with Gasteiger partial charge in [0.15, 0.2) is 0 Å². The highest BCUT2D eigenvalue weighted by Crippen LogP contribution is 2.19. The van der Waals surface area contributed by atoms with Crippen LogP contribution in [0.2, 0.25) is 0 Å². The van der Waals surface area contributed by atoms with Gasteiger partial charge < -0.3 is 5.32 Å². The van der Waals surface area contributed by atoms with Gasteiger partial charge in [-0.05, 0) is 18.6 Å². The predicted octanol–water partition coefficient (Wildman–Crippen LogP) is 2.91. The molecule has 1 N–H and O–H groups in total. The fourth-order valence-electron chi connectivity index (χ4n) is 1.63. The third kappa shape index (κ3) is 2.82. The van der Waals surface area contributed by atoms with Gasteiger partial charge in [0.1, 0.15) is 12.0 Å². The van der Waals surface area contributed by atoms with Crippen LogP contribution in [-0.4, -0.2) is 9.91 Å². The number of benzene rings is 1. The quantitative estimate of drug-likeness (QED) is 0.662. The molecule has 2 rings (SSSR count). The highest BCUT2D eigenvalue weighted by molar-refractivity contribution is 5.47. The highest BCUT2D eigenvalue weighted by Gasteiger charge is 2.10. The molecule has 1 heterocycles. The van der Waals surface area contributed by atoms with Crippen LogP contribution in [0.4, 0.5) is 11.5 Å². The van der Waals surface area contributed by atoms with Gasteiger partial charge in [-0.25, -0.2) is 4.98 Å². The van der Waals surface area contributed by atoms with Crippen LogP contribution in [0.5, 0.6) is 0 Å². The van der Waals surface area contributed by atoms with Crippen molar-refractivity contribution in [3.63, 3.8) is 0 Å². The monoisotopic (exact) mass is 243 g/mol. The van der Waals surface area contributed by atoms with E-state index in [0.29, 0.717) is 17.9 Å². The first kappa shape index (κ1) is 12.0. The van der Waals surface area contributed by atoms with Gasteiger partial charge in [0.05, 0.1) is 4.92 Å². The molecule has 92 valence electrons. The molecule has 0 saturated heterocycles. The van der Waals surface area contributed by atoms with Crippen LogP contribution in [0.15, 0.2) is 42.6 Å². The Labute approximate surface area is 105 Å². The van der Waals surface area contributed by atoms with Crippen molar-refractivity contribution in [2.24, 2.45) is 0 Å². The molecule has 1 aromatic carbocycles. The molecule has 0 saturated carbocycles. The summed E-state index contributed by atoms with van der Waals surface area (Å²) in [5.74, 6) is 0.641. The summed E-state index contributed by atoms with van der Waals surface area (Å²) in [6, 6.07) is 11.6. The molecule has 0 spiro atoms. The topological polar surface area (TPSA) is 68.1 Å². The summed E-state index contributed by atoms with van der Waals surface area (Å²) < 4.78 is 0. The van der Waals surface area contributed by atoms with Crippen molar-refractivity contribution in [2.45, 2.75) is 13.5 Å². The lowest BCUT2D eigenvalue weighted by molar-refractivity contribution is -0.385. The Morgan fingerprint density at radius 2 is 2.06 bits per heavy atom. The standard InChI is InChI=1S/C13H13N3O2/c1-10-7-13(15-9-12(10)16(17)18)14-8-11-5-3-2-4-6-11/h2-7,9H,8H2,1H3,(H,14,15). The molecule has 2 aromatic rings. The van der Waals surface area contributed by atoms with Crippen LogP contribution >= 0.6 is 0 Å². The van der Waals surface area contributed by atoms with Gasteiger partial charge in [-0.1, -0.05) is 30.3 Å². The van der Waals surface area contributed by atoms with E-state index in [-0.39, 0.29) is 5.69 Å². The minimum Gasteiger partial charge on any atom is -0.366 e. The second-order valence-electron chi connectivity index (χ2n) is 3.95. The molecule has 18 heavy (non-hydrogen) atoms. The second kappa shape index (κ2) is 5.27. The van der Waals surface area contributed by atoms with Crippen LogP contribution in [0, 0.1) is 17.0 Å².